The van der Waals surface area contributed by atoms with E-state index < -0.39 is 5.97 Å². The summed E-state index contributed by atoms with van der Waals surface area (Å²) in [5, 5.41) is 4.39. The zero-order chi connectivity index (χ0) is 15.6. The second-order valence-corrected chi connectivity index (χ2v) is 5.74. The number of benzene rings is 1. The zero-order valence-electron chi connectivity index (χ0n) is 13.0. The number of hydrogen-bond donors (Lipinski definition) is 0. The molecule has 0 spiro atoms. The molecule has 112 valence electrons. The van der Waals surface area contributed by atoms with Crippen molar-refractivity contribution in [1.29, 1.82) is 0 Å². The first-order valence-corrected chi connectivity index (χ1v) is 6.70. The van der Waals surface area contributed by atoms with Gasteiger partial charge in [0.25, 0.3) is 0 Å². The lowest BCUT2D eigenvalue weighted by atomic mass is 9.91. The van der Waals surface area contributed by atoms with Crippen molar-refractivity contribution < 1.29 is 14.3 Å². The second kappa shape index (κ2) is 5.60. The highest BCUT2D eigenvalue weighted by Gasteiger charge is 2.25. The summed E-state index contributed by atoms with van der Waals surface area (Å²) in [6.07, 6.45) is 0. The van der Waals surface area contributed by atoms with Crippen molar-refractivity contribution >= 4 is 5.97 Å². The maximum Gasteiger partial charge on any atom is 0.358 e. The number of hydrogen-bond acceptors (Lipinski definition) is 4. The summed E-state index contributed by atoms with van der Waals surface area (Å²) in [4.78, 5) is 11.8. The molecule has 5 nitrogen and oxygen atoms in total. The van der Waals surface area contributed by atoms with E-state index in [0.717, 1.165) is 11.4 Å². The lowest BCUT2D eigenvalue weighted by Crippen LogP contribution is -2.17. The normalized spacial score (nSPS) is 11.3. The number of para-hydroxylation sites is 2. The van der Waals surface area contributed by atoms with Crippen LogP contribution < -0.4 is 4.74 Å². The summed E-state index contributed by atoms with van der Waals surface area (Å²) in [7, 11) is 2.96. The highest BCUT2D eigenvalue weighted by molar-refractivity contribution is 5.87. The van der Waals surface area contributed by atoms with Gasteiger partial charge in [-0.15, -0.1) is 0 Å². The molecule has 1 aromatic carbocycles. The Labute approximate surface area is 124 Å². The Bertz CT molecular complexity index is 654. The number of ether oxygens (including phenoxy) is 2. The molecule has 0 aliphatic carbocycles. The van der Waals surface area contributed by atoms with Gasteiger partial charge in [-0.2, -0.15) is 5.10 Å². The Morgan fingerprint density at radius 3 is 2.43 bits per heavy atom. The number of esters is 1. The van der Waals surface area contributed by atoms with Crippen LogP contribution in [0, 0.1) is 0 Å². The van der Waals surface area contributed by atoms with Crippen LogP contribution in [0.4, 0.5) is 0 Å². The minimum absolute atomic E-state index is 0.180. The molecule has 1 heterocycles. The molecule has 0 unspecified atom stereocenters. The third-order valence-electron chi connectivity index (χ3n) is 3.19. The SMILES string of the molecule is COC(=O)c1cc(C(C)(C)C)n(-c2ccccc2OC)n1. The van der Waals surface area contributed by atoms with E-state index >= 15 is 0 Å². The maximum atomic E-state index is 11.8. The van der Waals surface area contributed by atoms with Crippen LogP contribution in [0.1, 0.15) is 37.0 Å². The summed E-state index contributed by atoms with van der Waals surface area (Å²) in [5.74, 6) is 0.247. The van der Waals surface area contributed by atoms with Crippen molar-refractivity contribution in [3.63, 3.8) is 0 Å². The van der Waals surface area contributed by atoms with Gasteiger partial charge in [0.2, 0.25) is 0 Å². The topological polar surface area (TPSA) is 53.4 Å². The van der Waals surface area contributed by atoms with E-state index in [4.69, 9.17) is 9.47 Å². The summed E-state index contributed by atoms with van der Waals surface area (Å²) >= 11 is 0. The van der Waals surface area contributed by atoms with E-state index in [9.17, 15) is 4.79 Å². The molecule has 0 aliphatic heterocycles. The van der Waals surface area contributed by atoms with Crippen LogP contribution in [0.3, 0.4) is 0 Å². The highest BCUT2D eigenvalue weighted by Crippen LogP contribution is 2.30. The molecule has 0 saturated heterocycles. The molecule has 0 fully saturated rings. The van der Waals surface area contributed by atoms with E-state index in [1.54, 1.807) is 17.9 Å². The van der Waals surface area contributed by atoms with Crippen molar-refractivity contribution in [2.45, 2.75) is 26.2 Å². The van der Waals surface area contributed by atoms with Gasteiger partial charge in [-0.3, -0.25) is 0 Å². The van der Waals surface area contributed by atoms with Gasteiger partial charge in [0.15, 0.2) is 5.69 Å². The fourth-order valence-electron chi connectivity index (χ4n) is 2.11. The van der Waals surface area contributed by atoms with Gasteiger partial charge in [-0.05, 0) is 18.2 Å². The number of methoxy groups -OCH3 is 2. The van der Waals surface area contributed by atoms with Gasteiger partial charge in [0.05, 0.1) is 19.9 Å². The average molecular weight is 288 g/mol. The molecule has 0 radical (unpaired) electrons. The van der Waals surface area contributed by atoms with Crippen molar-refractivity contribution in [3.8, 4) is 11.4 Å². The third kappa shape index (κ3) is 2.91. The number of aromatic nitrogens is 2. The van der Waals surface area contributed by atoms with E-state index in [2.05, 4.69) is 25.9 Å². The predicted octanol–water partition coefficient (Wildman–Crippen LogP) is 2.97. The van der Waals surface area contributed by atoms with Crippen LogP contribution in [0.15, 0.2) is 30.3 Å². The molecular formula is C16H20N2O3. The van der Waals surface area contributed by atoms with Gasteiger partial charge in [-0.1, -0.05) is 32.9 Å². The third-order valence-corrected chi connectivity index (χ3v) is 3.19. The Kier molecular flexibility index (Phi) is 4.02. The molecule has 1 aromatic heterocycles. The number of nitrogens with zero attached hydrogens (tertiary/aromatic N) is 2. The van der Waals surface area contributed by atoms with Crippen LogP contribution in [0.5, 0.6) is 5.75 Å². The second-order valence-electron chi connectivity index (χ2n) is 5.74. The van der Waals surface area contributed by atoms with E-state index in [1.165, 1.54) is 7.11 Å². The first-order valence-electron chi connectivity index (χ1n) is 6.70. The van der Waals surface area contributed by atoms with Crippen molar-refractivity contribution in [2.24, 2.45) is 0 Å². The largest absolute Gasteiger partial charge is 0.494 e. The molecule has 0 amide bonds. The molecule has 0 atom stereocenters. The van der Waals surface area contributed by atoms with Crippen LogP contribution >= 0.6 is 0 Å². The lowest BCUT2D eigenvalue weighted by Gasteiger charge is -2.21. The van der Waals surface area contributed by atoms with Crippen LogP contribution in [0.25, 0.3) is 5.69 Å². The molecular weight excluding hydrogens is 268 g/mol. The molecule has 0 bridgehead atoms. The number of carbonyl (C=O) groups excluding carboxylic acids is 1. The molecule has 5 heteroatoms. The summed E-state index contributed by atoms with van der Waals surface area (Å²) in [6, 6.07) is 9.33. The average Bonchev–Trinajstić information content (AvgIpc) is 2.91. The van der Waals surface area contributed by atoms with E-state index in [-0.39, 0.29) is 11.1 Å². The summed E-state index contributed by atoms with van der Waals surface area (Å²) in [5.41, 5.74) is 1.81. The molecule has 2 rings (SSSR count). The smallest absolute Gasteiger partial charge is 0.358 e. The molecule has 0 saturated carbocycles. The van der Waals surface area contributed by atoms with Crippen LogP contribution in [0.2, 0.25) is 0 Å². The highest BCUT2D eigenvalue weighted by atomic mass is 16.5. The quantitative estimate of drug-likeness (QED) is 0.815. The molecule has 21 heavy (non-hydrogen) atoms. The predicted molar refractivity (Wildman–Crippen MR) is 80.2 cm³/mol. The Hall–Kier alpha value is -2.30. The van der Waals surface area contributed by atoms with Crippen molar-refractivity contribution in [1.82, 2.24) is 9.78 Å². The van der Waals surface area contributed by atoms with Crippen molar-refractivity contribution in [2.75, 3.05) is 14.2 Å². The van der Waals surface area contributed by atoms with Crippen molar-refractivity contribution in [3.05, 3.63) is 41.7 Å². The number of carbonyl (C=O) groups is 1. The fourth-order valence-corrected chi connectivity index (χ4v) is 2.11. The Morgan fingerprint density at radius 2 is 1.86 bits per heavy atom. The first-order chi connectivity index (χ1) is 9.88. The molecule has 0 aliphatic rings. The summed E-state index contributed by atoms with van der Waals surface area (Å²) in [6.45, 7) is 6.20. The Balaban J connectivity index is 2.66. The van der Waals surface area contributed by atoms with Crippen LogP contribution in [-0.4, -0.2) is 30.0 Å². The van der Waals surface area contributed by atoms with Gasteiger partial charge < -0.3 is 9.47 Å². The zero-order valence-corrected chi connectivity index (χ0v) is 13.0. The minimum atomic E-state index is -0.450. The summed E-state index contributed by atoms with van der Waals surface area (Å²) < 4.78 is 11.9. The molecule has 0 N–H and O–H groups in total. The van der Waals surface area contributed by atoms with Gasteiger partial charge in [0, 0.05) is 5.41 Å². The van der Waals surface area contributed by atoms with Gasteiger partial charge in [0.1, 0.15) is 11.4 Å². The van der Waals surface area contributed by atoms with E-state index in [1.807, 2.05) is 24.3 Å². The minimum Gasteiger partial charge on any atom is -0.494 e. The number of rotatable bonds is 3. The van der Waals surface area contributed by atoms with E-state index in [0.29, 0.717) is 5.75 Å². The van der Waals surface area contributed by atoms with Gasteiger partial charge in [-0.25, -0.2) is 9.48 Å². The standard InChI is InChI=1S/C16H20N2O3/c1-16(2,3)14-10-11(15(19)21-5)17-18(14)12-8-6-7-9-13(12)20-4/h6-10H,1-5H3. The lowest BCUT2D eigenvalue weighted by molar-refractivity contribution is 0.0593. The fraction of sp³-hybridized carbons (Fsp3) is 0.375. The first kappa shape index (κ1) is 15.1. The van der Waals surface area contributed by atoms with Gasteiger partial charge >= 0.3 is 5.97 Å². The monoisotopic (exact) mass is 288 g/mol. The molecule has 2 aromatic rings. The van der Waals surface area contributed by atoms with Crippen LogP contribution in [-0.2, 0) is 10.2 Å². The Morgan fingerprint density at radius 1 is 1.19 bits per heavy atom. The maximum absolute atomic E-state index is 11.8.